The van der Waals surface area contributed by atoms with Crippen LogP contribution in [0.3, 0.4) is 0 Å². The van der Waals surface area contributed by atoms with Crippen molar-refractivity contribution < 1.29 is 9.52 Å². The van der Waals surface area contributed by atoms with Crippen LogP contribution in [0.15, 0.2) is 41.0 Å². The van der Waals surface area contributed by atoms with Crippen LogP contribution in [0.25, 0.3) is 0 Å². The van der Waals surface area contributed by atoms with Crippen LogP contribution in [-0.4, -0.2) is 33.1 Å². The van der Waals surface area contributed by atoms with E-state index in [0.29, 0.717) is 36.0 Å². The van der Waals surface area contributed by atoms with Crippen molar-refractivity contribution in [3.63, 3.8) is 0 Å². The van der Waals surface area contributed by atoms with E-state index < -0.39 is 0 Å². The molecule has 0 radical (unpaired) electrons. The number of hydrogen-bond donors (Lipinski definition) is 2. The highest BCUT2D eigenvalue weighted by Gasteiger charge is 2.36. The maximum Gasteiger partial charge on any atom is 0.231 e. The van der Waals surface area contributed by atoms with Gasteiger partial charge in [0, 0.05) is 19.0 Å². The Balaban J connectivity index is 1.38. The topological polar surface area (TPSA) is 87.3 Å². The summed E-state index contributed by atoms with van der Waals surface area (Å²) < 4.78 is 5.33. The molecule has 144 valence electrons. The summed E-state index contributed by atoms with van der Waals surface area (Å²) in [5.74, 6) is 3.02. The van der Waals surface area contributed by atoms with Gasteiger partial charge in [0.2, 0.25) is 17.2 Å². The Labute approximate surface area is 167 Å². The highest BCUT2D eigenvalue weighted by atomic mass is 35.5. The summed E-state index contributed by atoms with van der Waals surface area (Å²) in [6.45, 7) is 2.11. The number of rotatable bonds is 4. The summed E-state index contributed by atoms with van der Waals surface area (Å²) >= 11 is 6.17. The number of fused-ring (bicyclic) bond motifs is 4. The van der Waals surface area contributed by atoms with E-state index in [0.717, 1.165) is 37.3 Å². The summed E-state index contributed by atoms with van der Waals surface area (Å²) in [5, 5.41) is 13.5. The van der Waals surface area contributed by atoms with Gasteiger partial charge in [0.15, 0.2) is 0 Å². The average Bonchev–Trinajstić information content (AvgIpc) is 3.20. The lowest BCUT2D eigenvalue weighted by atomic mass is 9.73. The van der Waals surface area contributed by atoms with Gasteiger partial charge >= 0.3 is 0 Å². The molecule has 1 aliphatic heterocycles. The number of benzene rings is 1. The molecule has 2 bridgehead atoms. The molecule has 8 heteroatoms. The van der Waals surface area contributed by atoms with Crippen molar-refractivity contribution >= 4 is 23.5 Å². The van der Waals surface area contributed by atoms with Crippen molar-refractivity contribution in [2.75, 3.05) is 23.3 Å². The van der Waals surface area contributed by atoms with E-state index >= 15 is 0 Å². The highest BCUT2D eigenvalue weighted by Crippen LogP contribution is 2.42. The van der Waals surface area contributed by atoms with E-state index in [2.05, 4.69) is 31.2 Å². The Morgan fingerprint density at radius 3 is 2.96 bits per heavy atom. The fourth-order valence-corrected chi connectivity index (χ4v) is 4.52. The zero-order valence-corrected chi connectivity index (χ0v) is 15.9. The van der Waals surface area contributed by atoms with Crippen LogP contribution in [0.5, 0.6) is 5.75 Å². The van der Waals surface area contributed by atoms with Gasteiger partial charge in [-0.05, 0) is 59.7 Å². The van der Waals surface area contributed by atoms with Gasteiger partial charge in [0.05, 0.1) is 12.8 Å². The smallest absolute Gasteiger partial charge is 0.231 e. The normalized spacial score (nSPS) is 20.7. The summed E-state index contributed by atoms with van der Waals surface area (Å²) in [6.07, 6.45) is 3.62. The minimum atomic E-state index is 0.167. The van der Waals surface area contributed by atoms with Crippen molar-refractivity contribution in [2.45, 2.75) is 25.3 Å². The molecule has 3 heterocycles. The van der Waals surface area contributed by atoms with Crippen LogP contribution in [0.1, 0.15) is 29.2 Å². The highest BCUT2D eigenvalue weighted by molar-refractivity contribution is 6.28. The largest absolute Gasteiger partial charge is 0.508 e. The third kappa shape index (κ3) is 3.26. The van der Waals surface area contributed by atoms with Gasteiger partial charge in [-0.2, -0.15) is 15.0 Å². The zero-order valence-electron chi connectivity index (χ0n) is 15.2. The van der Waals surface area contributed by atoms with Crippen LogP contribution >= 0.6 is 11.6 Å². The first-order valence-electron chi connectivity index (χ1n) is 9.39. The molecule has 1 aliphatic carbocycles. The van der Waals surface area contributed by atoms with Crippen molar-refractivity contribution in [1.29, 1.82) is 0 Å². The molecule has 2 aromatic heterocycles. The fourth-order valence-electron chi connectivity index (χ4n) is 4.37. The number of furan rings is 1. The van der Waals surface area contributed by atoms with Crippen LogP contribution in [0.4, 0.5) is 11.9 Å². The van der Waals surface area contributed by atoms with E-state index in [9.17, 15) is 5.11 Å². The van der Waals surface area contributed by atoms with E-state index in [1.165, 1.54) is 5.56 Å². The fraction of sp³-hybridized carbons (Fsp3) is 0.350. The second-order valence-electron chi connectivity index (χ2n) is 7.41. The van der Waals surface area contributed by atoms with Crippen molar-refractivity contribution in [3.8, 4) is 5.75 Å². The van der Waals surface area contributed by atoms with Gasteiger partial charge < -0.3 is 19.7 Å². The molecule has 2 N–H and O–H groups in total. The lowest BCUT2D eigenvalue weighted by molar-refractivity contribution is 0.339. The first kappa shape index (κ1) is 17.3. The lowest BCUT2D eigenvalue weighted by Crippen LogP contribution is -2.43. The summed E-state index contributed by atoms with van der Waals surface area (Å²) in [6, 6.07) is 9.54. The molecule has 1 saturated heterocycles. The standard InChI is InChI=1S/C20H20ClN5O2/c21-18-23-19(22-9-14-3-2-6-28-14)25-20(24-18)26-10-12-7-13(11-26)15-4-1-5-17(27)16(15)8-12/h1-6,12-13,27H,7-11H2,(H,22,23,24,25). The van der Waals surface area contributed by atoms with E-state index in [-0.39, 0.29) is 5.28 Å². The molecule has 0 saturated carbocycles. The van der Waals surface area contributed by atoms with Crippen LogP contribution in [0, 0.1) is 5.92 Å². The number of hydrogen-bond acceptors (Lipinski definition) is 7. The predicted octanol–water partition coefficient (Wildman–Crippen LogP) is 3.60. The third-order valence-electron chi connectivity index (χ3n) is 5.54. The van der Waals surface area contributed by atoms with Crippen LogP contribution in [0.2, 0.25) is 5.28 Å². The molecule has 0 amide bonds. The predicted molar refractivity (Wildman–Crippen MR) is 106 cm³/mol. The SMILES string of the molecule is Oc1cccc2c1CC1CC2CN(c2nc(Cl)nc(NCc3ccco3)n2)C1. The maximum absolute atomic E-state index is 10.2. The van der Waals surface area contributed by atoms with Crippen LogP contribution < -0.4 is 10.2 Å². The lowest BCUT2D eigenvalue weighted by Gasteiger charge is -2.42. The van der Waals surface area contributed by atoms with Crippen molar-refractivity contribution in [2.24, 2.45) is 5.92 Å². The first-order valence-corrected chi connectivity index (χ1v) is 9.77. The Morgan fingerprint density at radius 2 is 2.11 bits per heavy atom. The Kier molecular flexibility index (Phi) is 4.31. The number of phenols is 1. The monoisotopic (exact) mass is 397 g/mol. The number of aromatic hydroxyl groups is 1. The molecule has 7 nitrogen and oxygen atoms in total. The van der Waals surface area contributed by atoms with Crippen molar-refractivity contribution in [1.82, 2.24) is 15.0 Å². The van der Waals surface area contributed by atoms with Gasteiger partial charge in [-0.3, -0.25) is 0 Å². The maximum atomic E-state index is 10.2. The summed E-state index contributed by atoms with van der Waals surface area (Å²) in [5.41, 5.74) is 2.33. The van der Waals surface area contributed by atoms with Crippen LogP contribution in [-0.2, 0) is 13.0 Å². The van der Waals surface area contributed by atoms with Gasteiger partial charge in [-0.1, -0.05) is 12.1 Å². The molecule has 2 unspecified atom stereocenters. The second-order valence-corrected chi connectivity index (χ2v) is 7.75. The number of nitrogens with one attached hydrogen (secondary N) is 1. The molecule has 2 aliphatic rings. The molecule has 0 spiro atoms. The van der Waals surface area contributed by atoms with Gasteiger partial charge in [-0.15, -0.1) is 0 Å². The van der Waals surface area contributed by atoms with Crippen molar-refractivity contribution in [3.05, 3.63) is 58.8 Å². The molecule has 1 fully saturated rings. The summed E-state index contributed by atoms with van der Waals surface area (Å²) in [7, 11) is 0. The Bertz CT molecular complexity index is 994. The van der Waals surface area contributed by atoms with E-state index in [4.69, 9.17) is 16.0 Å². The molecule has 5 rings (SSSR count). The summed E-state index contributed by atoms with van der Waals surface area (Å²) in [4.78, 5) is 15.3. The molecule has 28 heavy (non-hydrogen) atoms. The second kappa shape index (κ2) is 6.98. The number of anilines is 2. The van der Waals surface area contributed by atoms with Gasteiger partial charge in [0.1, 0.15) is 11.5 Å². The average molecular weight is 398 g/mol. The molecular weight excluding hydrogens is 378 g/mol. The molecule has 1 aromatic carbocycles. The zero-order chi connectivity index (χ0) is 19.1. The van der Waals surface area contributed by atoms with E-state index in [1.54, 1.807) is 12.3 Å². The number of aromatic nitrogens is 3. The number of phenolic OH excluding ortho intramolecular Hbond substituents is 1. The molecule has 2 atom stereocenters. The quantitative estimate of drug-likeness (QED) is 0.695. The first-order chi connectivity index (χ1) is 13.7. The third-order valence-corrected chi connectivity index (χ3v) is 5.71. The minimum absolute atomic E-state index is 0.167. The number of nitrogens with zero attached hydrogens (tertiary/aromatic N) is 4. The molecular formula is C20H20ClN5O2. The Hall–Kier alpha value is -2.80. The van der Waals surface area contributed by atoms with E-state index in [1.807, 2.05) is 18.2 Å². The van der Waals surface area contributed by atoms with Gasteiger partial charge in [0.25, 0.3) is 0 Å². The molecule has 3 aromatic rings. The number of piperidine rings is 1. The Morgan fingerprint density at radius 1 is 1.18 bits per heavy atom. The van der Waals surface area contributed by atoms with Gasteiger partial charge in [-0.25, -0.2) is 0 Å². The number of halogens is 1. The minimum Gasteiger partial charge on any atom is -0.508 e.